The van der Waals surface area contributed by atoms with Crippen molar-refractivity contribution in [3.05, 3.63) is 42.2 Å². The summed E-state index contributed by atoms with van der Waals surface area (Å²) < 4.78 is 7.12. The van der Waals surface area contributed by atoms with E-state index in [1.54, 1.807) is 35.6 Å². The Hall–Kier alpha value is -1.88. The average molecular weight is 233 g/mol. The lowest BCUT2D eigenvalue weighted by Gasteiger charge is -2.12. The van der Waals surface area contributed by atoms with Gasteiger partial charge in [0, 0.05) is 18.8 Å². The van der Waals surface area contributed by atoms with Crippen LogP contribution in [0.4, 0.5) is 0 Å². The van der Waals surface area contributed by atoms with Crippen molar-refractivity contribution in [2.24, 2.45) is 7.05 Å². The van der Waals surface area contributed by atoms with Crippen molar-refractivity contribution >= 4 is 0 Å². The molecule has 0 aliphatic carbocycles. The highest BCUT2D eigenvalue weighted by molar-refractivity contribution is 5.29. The Morgan fingerprint density at radius 1 is 1.35 bits per heavy atom. The summed E-state index contributed by atoms with van der Waals surface area (Å²) in [5, 5.41) is 10.2. The minimum absolute atomic E-state index is 0.576. The van der Waals surface area contributed by atoms with E-state index in [9.17, 15) is 5.11 Å². The number of hydrogen-bond donors (Lipinski definition) is 1. The molecular weight excluding hydrogens is 218 g/mol. The highest BCUT2D eigenvalue weighted by Crippen LogP contribution is 2.23. The highest BCUT2D eigenvalue weighted by Gasteiger charge is 2.14. The molecule has 0 radical (unpaired) electrons. The molecule has 0 saturated carbocycles. The molecule has 0 amide bonds. The van der Waals surface area contributed by atoms with Crippen molar-refractivity contribution in [1.82, 2.24) is 14.5 Å². The van der Waals surface area contributed by atoms with Gasteiger partial charge in [0.05, 0.1) is 31.0 Å². The standard InChI is InChI=1S/C12H15N3O2/c1-3-17-10-4-9(5-13-6-10)12(16)11-7-14-8-15(11)2/h4-8,12,16H,3H2,1-2H3. The van der Waals surface area contributed by atoms with E-state index in [4.69, 9.17) is 4.74 Å². The minimum Gasteiger partial charge on any atom is -0.492 e. The first-order valence-electron chi connectivity index (χ1n) is 5.44. The molecule has 0 aliphatic heterocycles. The Bertz CT molecular complexity index is 496. The van der Waals surface area contributed by atoms with Gasteiger partial charge in [-0.05, 0) is 13.0 Å². The molecule has 0 aliphatic rings. The second kappa shape index (κ2) is 4.97. The minimum atomic E-state index is -0.740. The number of nitrogens with zero attached hydrogens (tertiary/aromatic N) is 3. The molecule has 1 atom stereocenters. The maximum Gasteiger partial charge on any atom is 0.137 e. The second-order valence-corrected chi connectivity index (χ2v) is 3.72. The van der Waals surface area contributed by atoms with Crippen molar-refractivity contribution in [1.29, 1.82) is 0 Å². The molecule has 0 spiro atoms. The van der Waals surface area contributed by atoms with E-state index < -0.39 is 6.10 Å². The fourth-order valence-electron chi connectivity index (χ4n) is 1.63. The largest absolute Gasteiger partial charge is 0.492 e. The number of rotatable bonds is 4. The van der Waals surface area contributed by atoms with Crippen LogP contribution in [0.15, 0.2) is 31.0 Å². The molecule has 0 bridgehead atoms. The number of imidazole rings is 1. The maximum atomic E-state index is 10.2. The van der Waals surface area contributed by atoms with Crippen LogP contribution in [0.25, 0.3) is 0 Å². The molecule has 17 heavy (non-hydrogen) atoms. The van der Waals surface area contributed by atoms with Crippen LogP contribution in [0, 0.1) is 0 Å². The average Bonchev–Trinajstić information content (AvgIpc) is 2.75. The molecule has 2 aromatic rings. The summed E-state index contributed by atoms with van der Waals surface area (Å²) in [6, 6.07) is 1.79. The first-order valence-corrected chi connectivity index (χ1v) is 5.44. The molecule has 1 N–H and O–H groups in total. The van der Waals surface area contributed by atoms with Gasteiger partial charge in [0.15, 0.2) is 0 Å². The Balaban J connectivity index is 2.28. The number of hydrogen-bond acceptors (Lipinski definition) is 4. The molecule has 0 saturated heterocycles. The number of aromatic nitrogens is 3. The Morgan fingerprint density at radius 2 is 2.18 bits per heavy atom. The molecule has 0 fully saturated rings. The summed E-state index contributed by atoms with van der Waals surface area (Å²) in [5.41, 5.74) is 1.42. The van der Waals surface area contributed by atoms with Crippen molar-refractivity contribution in [3.63, 3.8) is 0 Å². The van der Waals surface area contributed by atoms with E-state index >= 15 is 0 Å². The zero-order chi connectivity index (χ0) is 12.3. The van der Waals surface area contributed by atoms with Crippen molar-refractivity contribution in [3.8, 4) is 5.75 Å². The van der Waals surface area contributed by atoms with Crippen LogP contribution in [-0.2, 0) is 7.05 Å². The zero-order valence-corrected chi connectivity index (χ0v) is 9.87. The lowest BCUT2D eigenvalue weighted by Crippen LogP contribution is -2.06. The molecule has 0 aromatic carbocycles. The summed E-state index contributed by atoms with van der Waals surface area (Å²) in [5.74, 6) is 0.659. The van der Waals surface area contributed by atoms with E-state index in [0.29, 0.717) is 17.9 Å². The third kappa shape index (κ3) is 2.45. The quantitative estimate of drug-likeness (QED) is 0.864. The maximum absolute atomic E-state index is 10.2. The number of ether oxygens (including phenoxy) is 1. The molecular formula is C12H15N3O2. The van der Waals surface area contributed by atoms with Crippen LogP contribution in [0.2, 0.25) is 0 Å². The molecule has 2 heterocycles. The topological polar surface area (TPSA) is 60.2 Å². The van der Waals surface area contributed by atoms with E-state index in [1.807, 2.05) is 14.0 Å². The van der Waals surface area contributed by atoms with Crippen LogP contribution in [0.5, 0.6) is 5.75 Å². The second-order valence-electron chi connectivity index (χ2n) is 3.72. The zero-order valence-electron chi connectivity index (χ0n) is 9.87. The summed E-state index contributed by atoms with van der Waals surface area (Å²) >= 11 is 0. The summed E-state index contributed by atoms with van der Waals surface area (Å²) in [6.45, 7) is 2.48. The van der Waals surface area contributed by atoms with Gasteiger partial charge >= 0.3 is 0 Å². The summed E-state index contributed by atoms with van der Waals surface area (Å²) in [7, 11) is 1.84. The number of pyridine rings is 1. The normalized spacial score (nSPS) is 12.4. The van der Waals surface area contributed by atoms with Crippen molar-refractivity contribution in [2.45, 2.75) is 13.0 Å². The summed E-state index contributed by atoms with van der Waals surface area (Å²) in [4.78, 5) is 8.03. The number of aliphatic hydroxyl groups is 1. The van der Waals surface area contributed by atoms with Gasteiger partial charge in [-0.1, -0.05) is 0 Å². The number of aryl methyl sites for hydroxylation is 1. The SMILES string of the molecule is CCOc1cncc(C(O)c2cncn2C)c1. The monoisotopic (exact) mass is 233 g/mol. The first-order chi connectivity index (χ1) is 8.22. The van der Waals surface area contributed by atoms with Gasteiger partial charge in [0.1, 0.15) is 11.9 Å². The lowest BCUT2D eigenvalue weighted by molar-refractivity contribution is 0.210. The van der Waals surface area contributed by atoms with Crippen LogP contribution < -0.4 is 4.74 Å². The molecule has 90 valence electrons. The molecule has 5 nitrogen and oxygen atoms in total. The van der Waals surface area contributed by atoms with Crippen LogP contribution in [0.1, 0.15) is 24.3 Å². The number of aliphatic hydroxyl groups excluding tert-OH is 1. The van der Waals surface area contributed by atoms with Gasteiger partial charge < -0.3 is 14.4 Å². The van der Waals surface area contributed by atoms with Gasteiger partial charge in [-0.25, -0.2) is 4.98 Å². The van der Waals surface area contributed by atoms with E-state index in [-0.39, 0.29) is 0 Å². The predicted octanol–water partition coefficient (Wildman–Crippen LogP) is 1.30. The van der Waals surface area contributed by atoms with Crippen molar-refractivity contribution < 1.29 is 9.84 Å². The van der Waals surface area contributed by atoms with Crippen LogP contribution in [-0.4, -0.2) is 26.2 Å². The molecule has 2 rings (SSSR count). The van der Waals surface area contributed by atoms with Gasteiger partial charge in [-0.15, -0.1) is 0 Å². The van der Waals surface area contributed by atoms with Gasteiger partial charge in [0.2, 0.25) is 0 Å². The Kier molecular flexibility index (Phi) is 3.39. The van der Waals surface area contributed by atoms with E-state index in [0.717, 1.165) is 5.69 Å². The first kappa shape index (κ1) is 11.6. The van der Waals surface area contributed by atoms with Crippen LogP contribution in [0.3, 0.4) is 0 Å². The molecule has 1 unspecified atom stereocenters. The predicted molar refractivity (Wildman–Crippen MR) is 62.7 cm³/mol. The lowest BCUT2D eigenvalue weighted by atomic mass is 10.1. The van der Waals surface area contributed by atoms with Crippen molar-refractivity contribution in [2.75, 3.05) is 6.61 Å². The van der Waals surface area contributed by atoms with E-state index in [2.05, 4.69) is 9.97 Å². The smallest absolute Gasteiger partial charge is 0.137 e. The van der Waals surface area contributed by atoms with Crippen LogP contribution >= 0.6 is 0 Å². The highest BCUT2D eigenvalue weighted by atomic mass is 16.5. The van der Waals surface area contributed by atoms with Gasteiger partial charge in [-0.3, -0.25) is 4.98 Å². The molecule has 5 heteroatoms. The molecule has 2 aromatic heterocycles. The Labute approximate surface area is 99.7 Å². The third-order valence-corrected chi connectivity index (χ3v) is 2.50. The Morgan fingerprint density at radius 3 is 2.82 bits per heavy atom. The van der Waals surface area contributed by atoms with E-state index in [1.165, 1.54) is 0 Å². The summed E-state index contributed by atoms with van der Waals surface area (Å²) in [6.07, 6.45) is 5.80. The third-order valence-electron chi connectivity index (χ3n) is 2.50. The fourth-order valence-corrected chi connectivity index (χ4v) is 1.63. The van der Waals surface area contributed by atoms with Gasteiger partial charge in [-0.2, -0.15) is 0 Å². The fraction of sp³-hybridized carbons (Fsp3) is 0.333. The van der Waals surface area contributed by atoms with Gasteiger partial charge in [0.25, 0.3) is 0 Å².